The molecule has 2 rings (SSSR count). The summed E-state index contributed by atoms with van der Waals surface area (Å²) >= 11 is 0. The van der Waals surface area contributed by atoms with Crippen LogP contribution in [-0.2, 0) is 9.53 Å². The second-order valence-electron chi connectivity index (χ2n) is 6.04. The van der Waals surface area contributed by atoms with Crippen molar-refractivity contribution in [2.45, 2.75) is 44.1 Å². The summed E-state index contributed by atoms with van der Waals surface area (Å²) in [6.45, 7) is 2.37. The minimum Gasteiger partial charge on any atom is -0.381 e. The highest BCUT2D eigenvalue weighted by atomic mass is 16.5. The molecule has 1 atom stereocenters. The second kappa shape index (κ2) is 6.02. The number of hydrogen-bond acceptors (Lipinski definition) is 3. The van der Waals surface area contributed by atoms with E-state index in [0.29, 0.717) is 12.3 Å². The number of carbonyl (C=O) groups is 1. The quantitative estimate of drug-likeness (QED) is 0.806. The summed E-state index contributed by atoms with van der Waals surface area (Å²) in [5.74, 6) is 0.627. The number of rotatable bonds is 5. The van der Waals surface area contributed by atoms with Crippen LogP contribution in [-0.4, -0.2) is 50.2 Å². The molecule has 0 aromatic heterocycles. The Bertz CT molecular complexity index is 280. The minimum absolute atomic E-state index is 0.193. The monoisotopic (exact) mass is 254 g/mol. The van der Waals surface area contributed by atoms with Gasteiger partial charge in [0.05, 0.1) is 0 Å². The van der Waals surface area contributed by atoms with Crippen LogP contribution >= 0.6 is 0 Å². The molecule has 18 heavy (non-hydrogen) atoms. The summed E-state index contributed by atoms with van der Waals surface area (Å²) in [7, 11) is 4.25. The van der Waals surface area contributed by atoms with E-state index in [9.17, 15) is 4.79 Å². The van der Waals surface area contributed by atoms with Gasteiger partial charge in [-0.15, -0.1) is 0 Å². The zero-order chi connectivity index (χ0) is 13.0. The Morgan fingerprint density at radius 3 is 2.67 bits per heavy atom. The molecule has 1 heterocycles. The van der Waals surface area contributed by atoms with E-state index in [1.165, 1.54) is 25.7 Å². The average Bonchev–Trinajstić information content (AvgIpc) is 2.97. The first-order valence-electron chi connectivity index (χ1n) is 7.14. The van der Waals surface area contributed by atoms with E-state index in [4.69, 9.17) is 4.74 Å². The Hall–Kier alpha value is -0.610. The first-order chi connectivity index (χ1) is 8.62. The van der Waals surface area contributed by atoms with E-state index in [1.807, 2.05) is 0 Å². The van der Waals surface area contributed by atoms with Gasteiger partial charge in [-0.05, 0) is 39.3 Å². The highest BCUT2D eigenvalue weighted by Gasteiger charge is 2.36. The predicted octanol–water partition coefficient (Wildman–Crippen LogP) is 1.40. The van der Waals surface area contributed by atoms with Crippen LogP contribution in [0.1, 0.15) is 38.5 Å². The summed E-state index contributed by atoms with van der Waals surface area (Å²) in [6.07, 6.45) is 6.63. The molecule has 0 bridgehead atoms. The Balaban J connectivity index is 1.76. The van der Waals surface area contributed by atoms with E-state index in [0.717, 1.165) is 26.2 Å². The Labute approximate surface area is 110 Å². The summed E-state index contributed by atoms with van der Waals surface area (Å²) in [6, 6.07) is 0. The molecule has 0 spiro atoms. The molecule has 1 aliphatic carbocycles. The van der Waals surface area contributed by atoms with Crippen LogP contribution < -0.4 is 5.32 Å². The van der Waals surface area contributed by atoms with Gasteiger partial charge in [0.15, 0.2) is 0 Å². The van der Waals surface area contributed by atoms with Crippen molar-refractivity contribution in [3.05, 3.63) is 0 Å². The third-order valence-electron chi connectivity index (χ3n) is 4.60. The van der Waals surface area contributed by atoms with Crippen LogP contribution in [0, 0.1) is 5.92 Å². The van der Waals surface area contributed by atoms with Crippen LogP contribution in [0.3, 0.4) is 0 Å². The number of nitrogens with zero attached hydrogens (tertiary/aromatic N) is 1. The van der Waals surface area contributed by atoms with Gasteiger partial charge in [0.2, 0.25) is 5.91 Å². The zero-order valence-corrected chi connectivity index (χ0v) is 11.7. The number of nitrogens with one attached hydrogen (secondary N) is 1. The lowest BCUT2D eigenvalue weighted by Gasteiger charge is -2.36. The molecule has 4 heteroatoms. The maximum absolute atomic E-state index is 11.9. The van der Waals surface area contributed by atoms with Crippen LogP contribution in [0.2, 0.25) is 0 Å². The van der Waals surface area contributed by atoms with Crippen molar-refractivity contribution in [2.24, 2.45) is 5.92 Å². The Morgan fingerprint density at radius 2 is 2.11 bits per heavy atom. The highest BCUT2D eigenvalue weighted by molar-refractivity contribution is 5.76. The van der Waals surface area contributed by atoms with Gasteiger partial charge < -0.3 is 15.0 Å². The van der Waals surface area contributed by atoms with Crippen LogP contribution in [0.4, 0.5) is 0 Å². The number of ether oxygens (including phenoxy) is 1. The van der Waals surface area contributed by atoms with Crippen LogP contribution in [0.25, 0.3) is 0 Å². The first-order valence-corrected chi connectivity index (χ1v) is 7.14. The number of likely N-dealkylation sites (N-methyl/N-ethyl adjacent to an activating group) is 1. The van der Waals surface area contributed by atoms with Gasteiger partial charge in [-0.25, -0.2) is 0 Å². The van der Waals surface area contributed by atoms with Gasteiger partial charge in [0.25, 0.3) is 0 Å². The number of amides is 1. The van der Waals surface area contributed by atoms with E-state index in [-0.39, 0.29) is 11.4 Å². The molecule has 2 aliphatic rings. The van der Waals surface area contributed by atoms with Crippen molar-refractivity contribution < 1.29 is 9.53 Å². The molecule has 2 fully saturated rings. The summed E-state index contributed by atoms with van der Waals surface area (Å²) in [4.78, 5) is 14.2. The summed E-state index contributed by atoms with van der Waals surface area (Å²) in [5.41, 5.74) is 0.196. The Morgan fingerprint density at radius 1 is 1.39 bits per heavy atom. The van der Waals surface area contributed by atoms with Crippen molar-refractivity contribution in [1.82, 2.24) is 10.2 Å². The van der Waals surface area contributed by atoms with Gasteiger partial charge in [-0.2, -0.15) is 0 Å². The molecular weight excluding hydrogens is 228 g/mol. The molecule has 1 saturated heterocycles. The summed E-state index contributed by atoms with van der Waals surface area (Å²) < 4.78 is 5.31. The van der Waals surface area contributed by atoms with Gasteiger partial charge in [-0.3, -0.25) is 4.79 Å². The third kappa shape index (κ3) is 3.23. The average molecular weight is 254 g/mol. The topological polar surface area (TPSA) is 41.6 Å². The maximum atomic E-state index is 11.9. The zero-order valence-electron chi connectivity index (χ0n) is 11.7. The SMILES string of the molecule is CN(C)C1(CNC(=O)CC2CCOC2)CCCC1. The molecule has 1 N–H and O–H groups in total. The molecule has 104 valence electrons. The predicted molar refractivity (Wildman–Crippen MR) is 71.4 cm³/mol. The highest BCUT2D eigenvalue weighted by Crippen LogP contribution is 2.33. The van der Waals surface area contributed by atoms with Crippen molar-refractivity contribution in [1.29, 1.82) is 0 Å². The van der Waals surface area contributed by atoms with E-state index in [1.54, 1.807) is 0 Å². The number of carbonyl (C=O) groups excluding carboxylic acids is 1. The molecular formula is C14H26N2O2. The second-order valence-corrected chi connectivity index (χ2v) is 6.04. The van der Waals surface area contributed by atoms with E-state index in [2.05, 4.69) is 24.3 Å². The van der Waals surface area contributed by atoms with Crippen molar-refractivity contribution >= 4 is 5.91 Å². The molecule has 1 unspecified atom stereocenters. The molecule has 1 aliphatic heterocycles. The molecule has 1 amide bonds. The van der Waals surface area contributed by atoms with E-state index < -0.39 is 0 Å². The normalized spacial score (nSPS) is 26.7. The first kappa shape index (κ1) is 13.8. The molecule has 0 radical (unpaired) electrons. The minimum atomic E-state index is 0.193. The molecule has 4 nitrogen and oxygen atoms in total. The lowest BCUT2D eigenvalue weighted by atomic mass is 9.95. The fraction of sp³-hybridized carbons (Fsp3) is 0.929. The van der Waals surface area contributed by atoms with Gasteiger partial charge in [0.1, 0.15) is 0 Å². The largest absolute Gasteiger partial charge is 0.381 e. The van der Waals surface area contributed by atoms with Crippen molar-refractivity contribution in [2.75, 3.05) is 33.9 Å². The lowest BCUT2D eigenvalue weighted by Crippen LogP contribution is -2.51. The lowest BCUT2D eigenvalue weighted by molar-refractivity contribution is -0.122. The number of hydrogen-bond donors (Lipinski definition) is 1. The smallest absolute Gasteiger partial charge is 0.220 e. The van der Waals surface area contributed by atoms with Gasteiger partial charge in [-0.1, -0.05) is 12.8 Å². The van der Waals surface area contributed by atoms with E-state index >= 15 is 0 Å². The van der Waals surface area contributed by atoms with Crippen LogP contribution in [0.5, 0.6) is 0 Å². The molecule has 0 aromatic carbocycles. The van der Waals surface area contributed by atoms with Crippen molar-refractivity contribution in [3.8, 4) is 0 Å². The Kier molecular flexibility index (Phi) is 4.62. The van der Waals surface area contributed by atoms with Crippen molar-refractivity contribution in [3.63, 3.8) is 0 Å². The van der Waals surface area contributed by atoms with Gasteiger partial charge >= 0.3 is 0 Å². The maximum Gasteiger partial charge on any atom is 0.220 e. The standard InChI is InChI=1S/C14H26N2O2/c1-16(2)14(6-3-4-7-14)11-15-13(17)9-12-5-8-18-10-12/h12H,3-11H2,1-2H3,(H,15,17). The fourth-order valence-electron chi connectivity index (χ4n) is 3.16. The molecule has 0 aromatic rings. The third-order valence-corrected chi connectivity index (χ3v) is 4.60. The van der Waals surface area contributed by atoms with Gasteiger partial charge in [0, 0.05) is 31.7 Å². The van der Waals surface area contributed by atoms with Crippen LogP contribution in [0.15, 0.2) is 0 Å². The fourth-order valence-corrected chi connectivity index (χ4v) is 3.16. The summed E-state index contributed by atoms with van der Waals surface area (Å²) in [5, 5.41) is 3.14. The molecule has 1 saturated carbocycles.